The molecule has 1 amide bonds. The number of carbonyl (C=O) groups excluding carboxylic acids is 1. The highest BCUT2D eigenvalue weighted by atomic mass is 35.5. The fourth-order valence-electron chi connectivity index (χ4n) is 2.63. The molecule has 1 aromatic rings. The van der Waals surface area contributed by atoms with Crippen molar-refractivity contribution in [1.29, 1.82) is 0 Å². The molecule has 112 valence electrons. The van der Waals surface area contributed by atoms with Gasteiger partial charge in [0.15, 0.2) is 0 Å². The highest BCUT2D eigenvalue weighted by Crippen LogP contribution is 2.44. The second kappa shape index (κ2) is 5.92. The number of hydrogen-bond donors (Lipinski definition) is 1. The number of hydrogen-bond acceptors (Lipinski definition) is 2. The summed E-state index contributed by atoms with van der Waals surface area (Å²) in [5.74, 6) is -0.121. The molecule has 3 nitrogen and oxygen atoms in total. The van der Waals surface area contributed by atoms with Crippen molar-refractivity contribution in [2.45, 2.75) is 39.2 Å². The Balaban J connectivity index is 0.00000200. The van der Waals surface area contributed by atoms with Gasteiger partial charge in [-0.05, 0) is 19.1 Å². The predicted octanol–water partition coefficient (Wildman–Crippen LogP) is 3.37. The smallest absolute Gasteiger partial charge is 0.231 e. The van der Waals surface area contributed by atoms with E-state index in [0.717, 1.165) is 16.3 Å². The van der Waals surface area contributed by atoms with E-state index in [1.54, 1.807) is 0 Å². The lowest BCUT2D eigenvalue weighted by molar-refractivity contribution is -0.122. The van der Waals surface area contributed by atoms with Crippen LogP contribution in [-0.4, -0.2) is 18.5 Å². The SMILES string of the molecule is CC(N)C(C)C(=O)N1CC(C)(C)c2c(Cl)cccc21.Cl. The minimum absolute atomic E-state index is 0. The van der Waals surface area contributed by atoms with E-state index in [2.05, 4.69) is 13.8 Å². The third-order valence-electron chi connectivity index (χ3n) is 3.96. The van der Waals surface area contributed by atoms with E-state index in [0.29, 0.717) is 6.54 Å². The van der Waals surface area contributed by atoms with Gasteiger partial charge in [-0.25, -0.2) is 0 Å². The van der Waals surface area contributed by atoms with Gasteiger partial charge in [-0.15, -0.1) is 12.4 Å². The molecule has 0 aromatic heterocycles. The Morgan fingerprint density at radius 1 is 1.40 bits per heavy atom. The topological polar surface area (TPSA) is 46.3 Å². The number of amides is 1. The molecule has 5 heteroatoms. The van der Waals surface area contributed by atoms with Crippen LogP contribution >= 0.6 is 24.0 Å². The fraction of sp³-hybridized carbons (Fsp3) is 0.533. The fourth-order valence-corrected chi connectivity index (χ4v) is 3.06. The minimum Gasteiger partial charge on any atom is -0.327 e. The Bertz CT molecular complexity index is 515. The first-order chi connectivity index (χ1) is 8.75. The van der Waals surface area contributed by atoms with Crippen molar-refractivity contribution in [3.05, 3.63) is 28.8 Å². The Labute approximate surface area is 131 Å². The Morgan fingerprint density at radius 3 is 2.55 bits per heavy atom. The lowest BCUT2D eigenvalue weighted by atomic mass is 9.87. The maximum atomic E-state index is 12.6. The summed E-state index contributed by atoms with van der Waals surface area (Å²) in [6.45, 7) is 8.62. The first kappa shape index (κ1) is 17.3. The zero-order valence-electron chi connectivity index (χ0n) is 12.3. The third-order valence-corrected chi connectivity index (χ3v) is 4.27. The van der Waals surface area contributed by atoms with Crippen LogP contribution in [0.5, 0.6) is 0 Å². The van der Waals surface area contributed by atoms with E-state index in [1.807, 2.05) is 36.9 Å². The molecule has 1 aromatic carbocycles. The van der Waals surface area contributed by atoms with E-state index in [-0.39, 0.29) is 35.7 Å². The van der Waals surface area contributed by atoms with Gasteiger partial charge >= 0.3 is 0 Å². The van der Waals surface area contributed by atoms with Crippen LogP contribution in [0.25, 0.3) is 0 Å². The second-order valence-electron chi connectivity index (χ2n) is 6.09. The molecule has 1 aliphatic heterocycles. The van der Waals surface area contributed by atoms with E-state index >= 15 is 0 Å². The van der Waals surface area contributed by atoms with Gasteiger partial charge < -0.3 is 10.6 Å². The molecule has 0 spiro atoms. The Hall–Kier alpha value is -0.770. The maximum absolute atomic E-state index is 12.6. The average Bonchev–Trinajstić information content (AvgIpc) is 2.60. The van der Waals surface area contributed by atoms with Crippen molar-refractivity contribution in [2.75, 3.05) is 11.4 Å². The van der Waals surface area contributed by atoms with Crippen molar-refractivity contribution in [1.82, 2.24) is 0 Å². The van der Waals surface area contributed by atoms with Crippen LogP contribution in [0.1, 0.15) is 33.3 Å². The number of nitrogens with zero attached hydrogens (tertiary/aromatic N) is 1. The molecular formula is C15H22Cl2N2O. The summed E-state index contributed by atoms with van der Waals surface area (Å²) in [5, 5.41) is 0.728. The van der Waals surface area contributed by atoms with Crippen molar-refractivity contribution in [2.24, 2.45) is 11.7 Å². The van der Waals surface area contributed by atoms with Gasteiger partial charge in [0.2, 0.25) is 5.91 Å². The minimum atomic E-state index is -0.194. The quantitative estimate of drug-likeness (QED) is 0.909. The van der Waals surface area contributed by atoms with Crippen molar-refractivity contribution < 1.29 is 4.79 Å². The normalized spacial score (nSPS) is 19.0. The first-order valence-electron chi connectivity index (χ1n) is 6.61. The van der Waals surface area contributed by atoms with Gasteiger partial charge in [0.05, 0.1) is 5.92 Å². The molecule has 2 unspecified atom stereocenters. The Morgan fingerprint density at radius 2 is 2.00 bits per heavy atom. The lowest BCUT2D eigenvalue weighted by Gasteiger charge is -2.25. The molecule has 2 atom stereocenters. The van der Waals surface area contributed by atoms with Gasteiger partial charge in [-0.2, -0.15) is 0 Å². The highest BCUT2D eigenvalue weighted by molar-refractivity contribution is 6.32. The van der Waals surface area contributed by atoms with E-state index in [1.165, 1.54) is 0 Å². The third kappa shape index (κ3) is 2.80. The van der Waals surface area contributed by atoms with Crippen LogP contribution in [0.2, 0.25) is 5.02 Å². The molecule has 0 saturated heterocycles. The summed E-state index contributed by atoms with van der Waals surface area (Å²) in [6.07, 6.45) is 0. The number of rotatable bonds is 2. The molecule has 1 aliphatic rings. The van der Waals surface area contributed by atoms with Gasteiger partial charge in [0.25, 0.3) is 0 Å². The lowest BCUT2D eigenvalue weighted by Crippen LogP contribution is -2.42. The largest absolute Gasteiger partial charge is 0.327 e. The van der Waals surface area contributed by atoms with Crippen LogP contribution in [0.3, 0.4) is 0 Å². The van der Waals surface area contributed by atoms with Crippen LogP contribution in [0.4, 0.5) is 5.69 Å². The van der Waals surface area contributed by atoms with Crippen LogP contribution < -0.4 is 10.6 Å². The second-order valence-corrected chi connectivity index (χ2v) is 6.50. The molecule has 1 heterocycles. The highest BCUT2D eigenvalue weighted by Gasteiger charge is 2.40. The Kier molecular flexibility index (Phi) is 5.12. The standard InChI is InChI=1S/C15H21ClN2O.ClH/c1-9(10(2)17)14(19)18-8-15(3,4)13-11(16)6-5-7-12(13)18;/h5-7,9-10H,8,17H2,1-4H3;1H. The molecule has 0 aliphatic carbocycles. The summed E-state index contributed by atoms with van der Waals surface area (Å²) >= 11 is 6.30. The number of benzene rings is 1. The molecule has 20 heavy (non-hydrogen) atoms. The summed E-state index contributed by atoms with van der Waals surface area (Å²) < 4.78 is 0. The molecule has 0 saturated carbocycles. The maximum Gasteiger partial charge on any atom is 0.231 e. The van der Waals surface area contributed by atoms with Gasteiger partial charge in [0.1, 0.15) is 0 Å². The molecule has 0 fully saturated rings. The molecular weight excluding hydrogens is 295 g/mol. The number of halogens is 2. The molecule has 0 bridgehead atoms. The molecule has 0 radical (unpaired) electrons. The van der Waals surface area contributed by atoms with Gasteiger partial charge in [0, 0.05) is 34.3 Å². The monoisotopic (exact) mass is 316 g/mol. The zero-order valence-corrected chi connectivity index (χ0v) is 13.9. The zero-order chi connectivity index (χ0) is 14.4. The number of carbonyl (C=O) groups is 1. The van der Waals surface area contributed by atoms with E-state index in [4.69, 9.17) is 17.3 Å². The summed E-state index contributed by atoms with van der Waals surface area (Å²) in [4.78, 5) is 14.4. The predicted molar refractivity (Wildman–Crippen MR) is 86.9 cm³/mol. The van der Waals surface area contributed by atoms with E-state index < -0.39 is 0 Å². The first-order valence-corrected chi connectivity index (χ1v) is 6.99. The van der Waals surface area contributed by atoms with E-state index in [9.17, 15) is 4.79 Å². The number of anilines is 1. The molecule has 2 N–H and O–H groups in total. The summed E-state index contributed by atoms with van der Waals surface area (Å²) in [7, 11) is 0. The van der Waals surface area contributed by atoms with Crippen LogP contribution in [0.15, 0.2) is 18.2 Å². The van der Waals surface area contributed by atoms with Gasteiger partial charge in [-0.3, -0.25) is 4.79 Å². The number of nitrogens with two attached hydrogens (primary N) is 1. The summed E-state index contributed by atoms with van der Waals surface area (Å²) in [5.41, 5.74) is 7.71. The van der Waals surface area contributed by atoms with Crippen molar-refractivity contribution >= 4 is 35.6 Å². The summed E-state index contributed by atoms with van der Waals surface area (Å²) in [6, 6.07) is 5.57. The number of fused-ring (bicyclic) bond motifs is 1. The van der Waals surface area contributed by atoms with Crippen molar-refractivity contribution in [3.63, 3.8) is 0 Å². The average molecular weight is 317 g/mol. The molecule has 2 rings (SSSR count). The van der Waals surface area contributed by atoms with Crippen LogP contribution in [-0.2, 0) is 10.2 Å². The van der Waals surface area contributed by atoms with Crippen LogP contribution in [0, 0.1) is 5.92 Å². The van der Waals surface area contributed by atoms with Crippen molar-refractivity contribution in [3.8, 4) is 0 Å². The van der Waals surface area contributed by atoms with Gasteiger partial charge in [-0.1, -0.05) is 38.4 Å².